The predicted octanol–water partition coefficient (Wildman–Crippen LogP) is 4.64. The molecule has 1 aromatic carbocycles. The molecule has 0 amide bonds. The number of nitrogens with one attached hydrogen (secondary N) is 1. The monoisotopic (exact) mass is 281 g/mol. The van der Waals surface area contributed by atoms with Crippen molar-refractivity contribution >= 4 is 8.07 Å². The molecule has 0 aliphatic carbocycles. The predicted molar refractivity (Wildman–Crippen MR) is 85.0 cm³/mol. The van der Waals surface area contributed by atoms with Crippen LogP contribution in [0.15, 0.2) is 24.3 Å². The van der Waals surface area contributed by atoms with Crippen molar-refractivity contribution in [2.75, 3.05) is 6.54 Å². The minimum Gasteiger partial charge on any atom is -0.311 e. The number of benzene rings is 1. The van der Waals surface area contributed by atoms with Crippen LogP contribution < -0.4 is 5.32 Å². The Hall–Kier alpha value is -0.673. The van der Waals surface area contributed by atoms with Gasteiger partial charge in [-0.25, -0.2) is 4.39 Å². The van der Waals surface area contributed by atoms with E-state index >= 15 is 0 Å². The second-order valence-electron chi connectivity index (χ2n) is 7.65. The normalized spacial score (nSPS) is 14.5. The molecule has 19 heavy (non-hydrogen) atoms. The molecule has 0 saturated heterocycles. The largest absolute Gasteiger partial charge is 0.311 e. The molecule has 3 heteroatoms. The van der Waals surface area contributed by atoms with Crippen LogP contribution >= 0.6 is 0 Å². The quantitative estimate of drug-likeness (QED) is 0.776. The topological polar surface area (TPSA) is 12.0 Å². The molecular weight excluding hydrogens is 253 g/mol. The van der Waals surface area contributed by atoms with Gasteiger partial charge in [0.1, 0.15) is 5.82 Å². The first-order chi connectivity index (χ1) is 8.57. The Morgan fingerprint density at radius 3 is 2.32 bits per heavy atom. The highest BCUT2D eigenvalue weighted by Crippen LogP contribution is 2.27. The third kappa shape index (κ3) is 6.88. The lowest BCUT2D eigenvalue weighted by molar-refractivity contribution is 0.411. The van der Waals surface area contributed by atoms with Gasteiger partial charge >= 0.3 is 0 Å². The molecular formula is C16H28FNSi. The summed E-state index contributed by atoms with van der Waals surface area (Å²) in [5, 5.41) is 3.56. The number of hydrogen-bond donors (Lipinski definition) is 1. The van der Waals surface area contributed by atoms with Gasteiger partial charge in [0.2, 0.25) is 0 Å². The van der Waals surface area contributed by atoms with Gasteiger partial charge in [-0.1, -0.05) is 31.8 Å². The Balaban J connectivity index is 2.86. The molecule has 0 heterocycles. The molecule has 1 atom stereocenters. The number of halogens is 1. The molecule has 0 radical (unpaired) electrons. The summed E-state index contributed by atoms with van der Waals surface area (Å²) in [6.45, 7) is 14.5. The Labute approximate surface area is 118 Å². The van der Waals surface area contributed by atoms with E-state index in [1.807, 2.05) is 6.07 Å². The highest BCUT2D eigenvalue weighted by Gasteiger charge is 2.23. The van der Waals surface area contributed by atoms with Crippen molar-refractivity contribution < 1.29 is 4.39 Å². The SMILES string of the molecule is CC(C)(C)NCC(C[Si](C)(C)C)c1cccc(F)c1. The number of rotatable bonds is 5. The van der Waals surface area contributed by atoms with Crippen LogP contribution in [0.3, 0.4) is 0 Å². The third-order valence-corrected chi connectivity index (χ3v) is 4.78. The van der Waals surface area contributed by atoms with Crippen molar-refractivity contribution in [2.45, 2.75) is 57.9 Å². The summed E-state index contributed by atoms with van der Waals surface area (Å²) in [6.07, 6.45) is 0. The zero-order chi connectivity index (χ0) is 14.7. The van der Waals surface area contributed by atoms with Crippen LogP contribution in [0.5, 0.6) is 0 Å². The molecule has 0 spiro atoms. The summed E-state index contributed by atoms with van der Waals surface area (Å²) < 4.78 is 13.4. The highest BCUT2D eigenvalue weighted by molar-refractivity contribution is 6.76. The lowest BCUT2D eigenvalue weighted by Crippen LogP contribution is -2.40. The van der Waals surface area contributed by atoms with Crippen LogP contribution in [-0.2, 0) is 0 Å². The van der Waals surface area contributed by atoms with Gasteiger partial charge in [0.05, 0.1) is 0 Å². The third-order valence-electron chi connectivity index (χ3n) is 3.06. The maximum absolute atomic E-state index is 13.4. The molecule has 0 saturated carbocycles. The van der Waals surface area contributed by atoms with Crippen molar-refractivity contribution in [3.63, 3.8) is 0 Å². The molecule has 0 bridgehead atoms. The summed E-state index contributed by atoms with van der Waals surface area (Å²) >= 11 is 0. The van der Waals surface area contributed by atoms with Gasteiger partial charge in [0.15, 0.2) is 0 Å². The number of hydrogen-bond acceptors (Lipinski definition) is 1. The molecule has 1 rings (SSSR count). The fourth-order valence-electron chi connectivity index (χ4n) is 2.24. The van der Waals surface area contributed by atoms with E-state index in [-0.39, 0.29) is 11.4 Å². The van der Waals surface area contributed by atoms with Crippen LogP contribution in [0.1, 0.15) is 32.3 Å². The first kappa shape index (κ1) is 16.4. The zero-order valence-electron chi connectivity index (χ0n) is 13.2. The van der Waals surface area contributed by atoms with Crippen molar-refractivity contribution in [1.29, 1.82) is 0 Å². The standard InChI is InChI=1S/C16H28FNSi/c1-16(2,3)18-11-14(12-19(4,5)6)13-8-7-9-15(17)10-13/h7-10,14,18H,11-12H2,1-6H3. The minimum atomic E-state index is -1.18. The van der Waals surface area contributed by atoms with Crippen molar-refractivity contribution in [3.8, 4) is 0 Å². The van der Waals surface area contributed by atoms with Gasteiger partial charge < -0.3 is 5.32 Å². The highest BCUT2D eigenvalue weighted by atomic mass is 28.3. The summed E-state index contributed by atoms with van der Waals surface area (Å²) in [7, 11) is -1.18. The summed E-state index contributed by atoms with van der Waals surface area (Å²) in [4.78, 5) is 0. The van der Waals surface area contributed by atoms with E-state index in [9.17, 15) is 4.39 Å². The van der Waals surface area contributed by atoms with Gasteiger partial charge in [-0.15, -0.1) is 0 Å². The second-order valence-corrected chi connectivity index (χ2v) is 13.2. The van der Waals surface area contributed by atoms with Crippen LogP contribution in [0, 0.1) is 5.82 Å². The first-order valence-electron chi connectivity index (χ1n) is 7.07. The Kier molecular flexibility index (Phi) is 5.33. The van der Waals surface area contributed by atoms with Crippen molar-refractivity contribution in [2.24, 2.45) is 0 Å². The van der Waals surface area contributed by atoms with Crippen LogP contribution in [0.2, 0.25) is 25.7 Å². The van der Waals surface area contributed by atoms with E-state index in [4.69, 9.17) is 0 Å². The molecule has 0 aliphatic heterocycles. The van der Waals surface area contributed by atoms with Gasteiger partial charge in [-0.3, -0.25) is 0 Å². The Morgan fingerprint density at radius 1 is 1.21 bits per heavy atom. The van der Waals surface area contributed by atoms with Crippen LogP contribution in [0.4, 0.5) is 4.39 Å². The maximum Gasteiger partial charge on any atom is 0.123 e. The van der Waals surface area contributed by atoms with Gasteiger partial charge in [0, 0.05) is 20.2 Å². The molecule has 0 aliphatic rings. The van der Waals surface area contributed by atoms with Crippen LogP contribution in [-0.4, -0.2) is 20.2 Å². The average Bonchev–Trinajstić information content (AvgIpc) is 2.21. The molecule has 108 valence electrons. The fraction of sp³-hybridized carbons (Fsp3) is 0.625. The molecule has 0 fully saturated rings. The van der Waals surface area contributed by atoms with Crippen molar-refractivity contribution in [3.05, 3.63) is 35.6 Å². The lowest BCUT2D eigenvalue weighted by atomic mass is 9.99. The summed E-state index contributed by atoms with van der Waals surface area (Å²) in [6, 6.07) is 8.26. The summed E-state index contributed by atoms with van der Waals surface area (Å²) in [5.41, 5.74) is 1.23. The lowest BCUT2D eigenvalue weighted by Gasteiger charge is -2.29. The van der Waals surface area contributed by atoms with E-state index in [0.717, 1.165) is 12.1 Å². The second kappa shape index (κ2) is 6.19. The fourth-order valence-corrected chi connectivity index (χ4v) is 4.10. The van der Waals surface area contributed by atoms with Crippen LogP contribution in [0.25, 0.3) is 0 Å². The molecule has 1 aromatic rings. The summed E-state index contributed by atoms with van der Waals surface area (Å²) in [5.74, 6) is 0.274. The van der Waals surface area contributed by atoms with E-state index < -0.39 is 8.07 Å². The smallest absolute Gasteiger partial charge is 0.123 e. The molecule has 1 unspecified atom stereocenters. The minimum absolute atomic E-state index is 0.102. The van der Waals surface area contributed by atoms with Gasteiger partial charge in [-0.2, -0.15) is 0 Å². The van der Waals surface area contributed by atoms with Gasteiger partial charge in [0.25, 0.3) is 0 Å². The molecule has 0 aromatic heterocycles. The van der Waals surface area contributed by atoms with Gasteiger partial charge in [-0.05, 0) is 50.4 Å². The van der Waals surface area contributed by atoms with E-state index in [1.165, 1.54) is 12.1 Å². The Morgan fingerprint density at radius 2 is 1.84 bits per heavy atom. The van der Waals surface area contributed by atoms with E-state index in [0.29, 0.717) is 5.92 Å². The Bertz CT molecular complexity index is 404. The van der Waals surface area contributed by atoms with E-state index in [2.05, 4.69) is 51.8 Å². The molecule has 1 nitrogen and oxygen atoms in total. The molecule has 1 N–H and O–H groups in total. The maximum atomic E-state index is 13.4. The average molecular weight is 281 g/mol. The zero-order valence-corrected chi connectivity index (χ0v) is 14.2. The van der Waals surface area contributed by atoms with E-state index in [1.54, 1.807) is 6.07 Å². The first-order valence-corrected chi connectivity index (χ1v) is 10.8. The van der Waals surface area contributed by atoms with Crippen molar-refractivity contribution in [1.82, 2.24) is 5.32 Å².